The number of aromatic nitrogens is 2. The Labute approximate surface area is 225 Å². The average Bonchev–Trinajstić information content (AvgIpc) is 2.86. The lowest BCUT2D eigenvalue weighted by molar-refractivity contribution is -0.376. The van der Waals surface area contributed by atoms with E-state index < -0.39 is 29.1 Å². The van der Waals surface area contributed by atoms with Crippen molar-refractivity contribution >= 4 is 10.9 Å². The maximum Gasteiger partial charge on any atom is 0.430 e. The zero-order valence-corrected chi connectivity index (χ0v) is 21.7. The third-order valence-corrected chi connectivity index (χ3v) is 6.09. The van der Waals surface area contributed by atoms with Crippen LogP contribution in [-0.2, 0) is 12.0 Å². The monoisotopic (exact) mass is 558 g/mol. The lowest BCUT2D eigenvalue weighted by Gasteiger charge is -2.32. The molecule has 0 aliphatic rings. The van der Waals surface area contributed by atoms with Crippen LogP contribution in [0.1, 0.15) is 43.3 Å². The van der Waals surface area contributed by atoms with E-state index in [1.807, 2.05) is 20.8 Å². The maximum atomic E-state index is 13.8. The van der Waals surface area contributed by atoms with Gasteiger partial charge in [0, 0.05) is 23.0 Å². The van der Waals surface area contributed by atoms with Gasteiger partial charge in [0.25, 0.3) is 11.2 Å². The number of hydrogen-bond acceptors (Lipinski definition) is 3. The van der Waals surface area contributed by atoms with Gasteiger partial charge in [-0.05, 0) is 56.7 Å². The summed E-state index contributed by atoms with van der Waals surface area (Å²) in [7, 11) is 0. The zero-order chi connectivity index (χ0) is 29.5. The zero-order valence-electron chi connectivity index (χ0n) is 21.7. The second-order valence-corrected chi connectivity index (χ2v) is 10.3. The molecule has 1 aromatic heterocycles. The van der Waals surface area contributed by atoms with E-state index in [2.05, 4.69) is 16.8 Å². The van der Waals surface area contributed by atoms with E-state index in [4.69, 9.17) is 0 Å². The van der Waals surface area contributed by atoms with E-state index in [1.54, 1.807) is 48.5 Å². The summed E-state index contributed by atoms with van der Waals surface area (Å²) in [5.41, 5.74) is -5.75. The second-order valence-electron chi connectivity index (χ2n) is 10.3. The van der Waals surface area contributed by atoms with E-state index in [1.165, 1.54) is 0 Å². The van der Waals surface area contributed by atoms with Gasteiger partial charge in [-0.15, -0.1) is 0 Å². The number of aliphatic hydroxyl groups is 1. The van der Waals surface area contributed by atoms with Crippen molar-refractivity contribution in [3.05, 3.63) is 106 Å². The summed E-state index contributed by atoms with van der Waals surface area (Å²) in [6.07, 6.45) is -11.9. The highest BCUT2D eigenvalue weighted by atomic mass is 19.4. The van der Waals surface area contributed by atoms with Gasteiger partial charge >= 0.3 is 12.4 Å². The first-order valence-electron chi connectivity index (χ1n) is 12.1. The summed E-state index contributed by atoms with van der Waals surface area (Å²) in [5, 5.41) is 9.93. The molecule has 4 aromatic rings. The van der Waals surface area contributed by atoms with Crippen LogP contribution in [0.4, 0.5) is 26.3 Å². The van der Waals surface area contributed by atoms with E-state index in [9.17, 15) is 36.2 Å². The fraction of sp³-hybridized carbons (Fsp3) is 0.267. The lowest BCUT2D eigenvalue weighted by Crippen LogP contribution is -2.53. The first-order valence-corrected chi connectivity index (χ1v) is 12.1. The van der Waals surface area contributed by atoms with Crippen molar-refractivity contribution in [2.45, 2.75) is 45.1 Å². The van der Waals surface area contributed by atoms with Crippen molar-refractivity contribution in [2.75, 3.05) is 0 Å². The summed E-state index contributed by atoms with van der Waals surface area (Å²) in [6, 6.07) is 16.7. The van der Waals surface area contributed by atoms with Gasteiger partial charge in [-0.25, -0.2) is 4.98 Å². The largest absolute Gasteiger partial charge is 0.430 e. The number of alkyl halides is 6. The maximum absolute atomic E-state index is 13.8. The number of benzene rings is 3. The summed E-state index contributed by atoms with van der Waals surface area (Å²) in [5.74, 6) is 6.29. The van der Waals surface area contributed by atoms with Crippen molar-refractivity contribution in [1.82, 2.24) is 9.55 Å². The van der Waals surface area contributed by atoms with Gasteiger partial charge in [0.05, 0.1) is 16.6 Å². The molecule has 40 heavy (non-hydrogen) atoms. The molecule has 10 heteroatoms. The first-order chi connectivity index (χ1) is 18.5. The van der Waals surface area contributed by atoms with Crippen LogP contribution < -0.4 is 5.56 Å². The Morgan fingerprint density at radius 3 is 2.00 bits per heavy atom. The Morgan fingerprint density at radius 2 is 1.45 bits per heavy atom. The molecule has 1 heterocycles. The molecular weight excluding hydrogens is 534 g/mol. The Morgan fingerprint density at radius 1 is 0.850 bits per heavy atom. The number of fused-ring (bicyclic) bond motifs is 1. The van der Waals surface area contributed by atoms with E-state index in [0.717, 1.165) is 22.3 Å². The molecule has 0 spiro atoms. The van der Waals surface area contributed by atoms with Crippen molar-refractivity contribution in [3.8, 4) is 17.5 Å². The molecule has 3 aromatic carbocycles. The second kappa shape index (κ2) is 10.1. The fourth-order valence-corrected chi connectivity index (χ4v) is 4.07. The van der Waals surface area contributed by atoms with E-state index in [0.29, 0.717) is 23.2 Å². The van der Waals surface area contributed by atoms with Crippen molar-refractivity contribution in [3.63, 3.8) is 0 Å². The minimum atomic E-state index is -6.03. The molecule has 0 saturated heterocycles. The van der Waals surface area contributed by atoms with Crippen LogP contribution in [0.3, 0.4) is 0 Å². The molecule has 0 aliphatic carbocycles. The molecule has 0 bridgehead atoms. The highest BCUT2D eigenvalue weighted by Crippen LogP contribution is 2.50. The van der Waals surface area contributed by atoms with E-state index in [-0.39, 0.29) is 28.7 Å². The fourth-order valence-electron chi connectivity index (χ4n) is 4.07. The van der Waals surface area contributed by atoms with Gasteiger partial charge in [-0.3, -0.25) is 9.36 Å². The van der Waals surface area contributed by atoms with Crippen LogP contribution in [0.2, 0.25) is 0 Å². The molecule has 208 valence electrons. The van der Waals surface area contributed by atoms with Crippen LogP contribution in [-0.4, -0.2) is 27.0 Å². The van der Waals surface area contributed by atoms with Gasteiger partial charge in [0.2, 0.25) is 0 Å². The number of nitrogens with zero attached hydrogens (tertiary/aromatic N) is 2. The molecule has 0 atom stereocenters. The predicted octanol–water partition coefficient (Wildman–Crippen LogP) is 6.69. The number of rotatable bonds is 4. The van der Waals surface area contributed by atoms with Crippen LogP contribution in [0.25, 0.3) is 16.6 Å². The summed E-state index contributed by atoms with van der Waals surface area (Å²) >= 11 is 0. The minimum absolute atomic E-state index is 0.0213. The molecule has 4 nitrogen and oxygen atoms in total. The number of halogens is 6. The standard InChI is InChI=1S/C30H24F6N2O2/c1-27(2,3)16-15-20-9-14-24-23(17-20)26(39)38(25(37-24)18-19-7-5-4-6-8-19)22-12-10-21(11-13-22)28(40,29(31,32)33)30(34,35)36/h4-14,17,40H,18H2,1-3H3. The molecule has 0 radical (unpaired) electrons. The Bertz CT molecular complexity index is 1640. The molecule has 0 saturated carbocycles. The van der Waals surface area contributed by atoms with Crippen LogP contribution >= 0.6 is 0 Å². The lowest BCUT2D eigenvalue weighted by atomic mass is 9.92. The molecule has 1 N–H and O–H groups in total. The highest BCUT2D eigenvalue weighted by molar-refractivity contribution is 5.80. The molecule has 4 rings (SSSR count). The Kier molecular flexibility index (Phi) is 7.32. The topological polar surface area (TPSA) is 55.1 Å². The van der Waals surface area contributed by atoms with Gasteiger partial charge in [0.1, 0.15) is 5.82 Å². The number of hydrogen-bond donors (Lipinski definition) is 1. The molecular formula is C30H24F6N2O2. The normalized spacial score (nSPS) is 12.8. The van der Waals surface area contributed by atoms with Gasteiger partial charge in [-0.1, -0.05) is 54.3 Å². The van der Waals surface area contributed by atoms with Crippen LogP contribution in [0.15, 0.2) is 77.6 Å². The minimum Gasteiger partial charge on any atom is -0.369 e. The van der Waals surface area contributed by atoms with Gasteiger partial charge < -0.3 is 5.11 Å². The molecule has 0 fully saturated rings. The summed E-state index contributed by atoms with van der Waals surface area (Å²) in [6.45, 7) is 5.77. The Hall–Kier alpha value is -4.10. The molecule has 0 aliphatic heterocycles. The quantitative estimate of drug-likeness (QED) is 0.225. The average molecular weight is 559 g/mol. The smallest absolute Gasteiger partial charge is 0.369 e. The summed E-state index contributed by atoms with van der Waals surface area (Å²) < 4.78 is 81.4. The van der Waals surface area contributed by atoms with Crippen molar-refractivity contribution in [1.29, 1.82) is 0 Å². The predicted molar refractivity (Wildman–Crippen MR) is 139 cm³/mol. The van der Waals surface area contributed by atoms with Crippen molar-refractivity contribution < 1.29 is 31.4 Å². The highest BCUT2D eigenvalue weighted by Gasteiger charge is 2.71. The van der Waals surface area contributed by atoms with Crippen LogP contribution in [0.5, 0.6) is 0 Å². The van der Waals surface area contributed by atoms with Gasteiger partial charge in [0.15, 0.2) is 0 Å². The first kappa shape index (κ1) is 28.9. The summed E-state index contributed by atoms with van der Waals surface area (Å²) in [4.78, 5) is 18.4. The SMILES string of the molecule is CC(C)(C)C#Cc1ccc2nc(Cc3ccccc3)n(-c3ccc(C(O)(C(F)(F)F)C(F)(F)F)cc3)c(=O)c2c1. The third-order valence-electron chi connectivity index (χ3n) is 6.09. The van der Waals surface area contributed by atoms with E-state index >= 15 is 0 Å². The molecule has 0 amide bonds. The van der Waals surface area contributed by atoms with Gasteiger partial charge in [-0.2, -0.15) is 26.3 Å². The Balaban J connectivity index is 1.92. The van der Waals surface area contributed by atoms with Crippen LogP contribution in [0, 0.1) is 17.3 Å². The van der Waals surface area contributed by atoms with Crippen molar-refractivity contribution in [2.24, 2.45) is 5.41 Å². The molecule has 0 unspecified atom stereocenters. The third kappa shape index (κ3) is 5.61.